The van der Waals surface area contributed by atoms with Gasteiger partial charge >= 0.3 is 0 Å². The normalized spacial score (nSPS) is 20.0. The van der Waals surface area contributed by atoms with E-state index in [9.17, 15) is 14.4 Å². The summed E-state index contributed by atoms with van der Waals surface area (Å²) in [6.07, 6.45) is 5.38. The van der Waals surface area contributed by atoms with Crippen LogP contribution in [0.4, 0.5) is 0 Å². The van der Waals surface area contributed by atoms with Crippen molar-refractivity contribution in [2.45, 2.75) is 52.5 Å². The lowest BCUT2D eigenvalue weighted by Crippen LogP contribution is -2.46. The van der Waals surface area contributed by atoms with Gasteiger partial charge in [0.2, 0.25) is 5.91 Å². The van der Waals surface area contributed by atoms with Crippen molar-refractivity contribution in [2.75, 3.05) is 13.1 Å². The molecule has 0 spiro atoms. The van der Waals surface area contributed by atoms with Crippen LogP contribution in [0, 0.1) is 17.8 Å². The van der Waals surface area contributed by atoms with E-state index < -0.39 is 12.0 Å². The number of H-pyrrole nitrogens is 1. The van der Waals surface area contributed by atoms with Crippen molar-refractivity contribution in [1.82, 2.24) is 14.9 Å². The first-order valence-electron chi connectivity index (χ1n) is 9.34. The summed E-state index contributed by atoms with van der Waals surface area (Å²) in [4.78, 5) is 46.1. The average Bonchev–Trinajstić information content (AvgIpc) is 3.12. The number of amides is 1. The summed E-state index contributed by atoms with van der Waals surface area (Å²) in [5.41, 5.74) is 6.80. The lowest BCUT2D eigenvalue weighted by Gasteiger charge is -2.34. The van der Waals surface area contributed by atoms with E-state index in [1.807, 2.05) is 13.8 Å². The molecule has 26 heavy (non-hydrogen) atoms. The number of aromatic amines is 1. The Morgan fingerprint density at radius 3 is 2.69 bits per heavy atom. The van der Waals surface area contributed by atoms with Crippen molar-refractivity contribution >= 4 is 17.5 Å². The number of hydrogen-bond acceptors (Lipinski definition) is 5. The molecule has 1 aliphatic heterocycles. The van der Waals surface area contributed by atoms with Gasteiger partial charge in [-0.15, -0.1) is 0 Å². The Morgan fingerprint density at radius 2 is 2.12 bits per heavy atom. The zero-order chi connectivity index (χ0) is 19.3. The molecule has 0 radical (unpaired) electrons. The molecular weight excluding hydrogens is 332 g/mol. The van der Waals surface area contributed by atoms with Crippen molar-refractivity contribution in [1.29, 1.82) is 0 Å². The highest BCUT2D eigenvalue weighted by molar-refractivity contribution is 5.90. The van der Waals surface area contributed by atoms with Gasteiger partial charge in [-0.25, -0.2) is 4.98 Å². The second-order valence-electron chi connectivity index (χ2n) is 7.65. The molecule has 0 aromatic carbocycles. The first-order valence-corrected chi connectivity index (χ1v) is 9.34. The molecule has 3 N–H and O–H groups in total. The van der Waals surface area contributed by atoms with Gasteiger partial charge in [-0.1, -0.05) is 13.8 Å². The lowest BCUT2D eigenvalue weighted by molar-refractivity contribution is -0.141. The van der Waals surface area contributed by atoms with Crippen LogP contribution in [-0.4, -0.2) is 51.5 Å². The first-order chi connectivity index (χ1) is 12.3. The van der Waals surface area contributed by atoms with E-state index in [-0.39, 0.29) is 35.7 Å². The summed E-state index contributed by atoms with van der Waals surface area (Å²) < 4.78 is 0. The van der Waals surface area contributed by atoms with Crippen molar-refractivity contribution in [3.05, 3.63) is 18.2 Å². The number of carbonyl (C=O) groups excluding carboxylic acids is 3. The summed E-state index contributed by atoms with van der Waals surface area (Å²) in [5.74, 6) is -0.617. The number of hydrogen-bond donors (Lipinski definition) is 2. The van der Waals surface area contributed by atoms with E-state index in [0.29, 0.717) is 19.5 Å². The maximum Gasteiger partial charge on any atom is 0.226 e. The van der Waals surface area contributed by atoms with Crippen LogP contribution >= 0.6 is 0 Å². The summed E-state index contributed by atoms with van der Waals surface area (Å²) in [6.45, 7) is 6.45. The number of carbonyl (C=O) groups is 3. The molecule has 2 heterocycles. The molecule has 3 atom stereocenters. The first kappa shape index (κ1) is 20.3. The summed E-state index contributed by atoms with van der Waals surface area (Å²) in [5, 5.41) is 0. The largest absolute Gasteiger partial charge is 0.348 e. The van der Waals surface area contributed by atoms with E-state index in [1.54, 1.807) is 24.3 Å². The van der Waals surface area contributed by atoms with Crippen LogP contribution in [0.3, 0.4) is 0 Å². The van der Waals surface area contributed by atoms with Crippen molar-refractivity contribution < 1.29 is 14.4 Å². The third kappa shape index (κ3) is 5.24. The molecule has 0 aliphatic carbocycles. The Morgan fingerprint density at radius 1 is 1.38 bits per heavy atom. The third-order valence-electron chi connectivity index (χ3n) is 5.22. The smallest absolute Gasteiger partial charge is 0.226 e. The molecule has 1 amide bonds. The summed E-state index contributed by atoms with van der Waals surface area (Å²) in [6, 6.07) is -0.571. The quantitative estimate of drug-likeness (QED) is 0.725. The topological polar surface area (TPSA) is 109 Å². The minimum atomic E-state index is -0.571. The molecule has 1 fully saturated rings. The number of piperidine rings is 1. The molecule has 7 nitrogen and oxygen atoms in total. The Hall–Kier alpha value is -2.02. The van der Waals surface area contributed by atoms with E-state index in [4.69, 9.17) is 5.73 Å². The number of aromatic nitrogens is 2. The van der Waals surface area contributed by atoms with Gasteiger partial charge in [0.25, 0.3) is 0 Å². The number of nitrogens with two attached hydrogens (primary N) is 1. The van der Waals surface area contributed by atoms with E-state index >= 15 is 0 Å². The van der Waals surface area contributed by atoms with Crippen LogP contribution in [0.1, 0.15) is 45.7 Å². The Labute approximate surface area is 154 Å². The van der Waals surface area contributed by atoms with Gasteiger partial charge in [-0.3, -0.25) is 14.4 Å². The van der Waals surface area contributed by atoms with Crippen molar-refractivity contribution in [2.24, 2.45) is 23.5 Å². The molecule has 2 rings (SSSR count). The highest BCUT2D eigenvalue weighted by atomic mass is 16.2. The van der Waals surface area contributed by atoms with E-state index in [2.05, 4.69) is 9.97 Å². The third-order valence-corrected chi connectivity index (χ3v) is 5.22. The number of rotatable bonds is 8. The molecule has 1 aliphatic rings. The van der Waals surface area contributed by atoms with Gasteiger partial charge in [0.05, 0.1) is 18.3 Å². The maximum absolute atomic E-state index is 13.1. The van der Waals surface area contributed by atoms with E-state index in [0.717, 1.165) is 18.5 Å². The Bertz CT molecular complexity index is 627. The van der Waals surface area contributed by atoms with Gasteiger partial charge < -0.3 is 15.6 Å². The molecule has 1 aromatic heterocycles. The minimum absolute atomic E-state index is 0.0301. The van der Waals surface area contributed by atoms with E-state index in [1.165, 1.54) is 0 Å². The standard InChI is InChI=1S/C19H30N4O3/c1-12(2)18(20)17(25)8-15(7-16-9-21-11-22-16)19(26)23-6-4-5-14(10-23)13(3)24/h9,11-12,14-15,18H,4-8,10,20H2,1-3H3,(H,21,22)/t14-,15+,18-/m1/s1. The van der Waals surface area contributed by atoms with Crippen molar-refractivity contribution in [3.63, 3.8) is 0 Å². The predicted octanol–water partition coefficient (Wildman–Crippen LogP) is 1.34. The fourth-order valence-corrected chi connectivity index (χ4v) is 3.43. The fraction of sp³-hybridized carbons (Fsp3) is 0.684. The molecular formula is C19H30N4O3. The summed E-state index contributed by atoms with van der Waals surface area (Å²) in [7, 11) is 0. The van der Waals surface area contributed by atoms with Gasteiger partial charge in [-0.2, -0.15) is 0 Å². The monoisotopic (exact) mass is 362 g/mol. The number of nitrogens with one attached hydrogen (secondary N) is 1. The van der Waals surface area contributed by atoms with Crippen LogP contribution in [0.2, 0.25) is 0 Å². The highest BCUT2D eigenvalue weighted by Gasteiger charge is 2.33. The van der Waals surface area contributed by atoms with Crippen LogP contribution in [-0.2, 0) is 20.8 Å². The molecule has 144 valence electrons. The molecule has 0 saturated carbocycles. The summed E-state index contributed by atoms with van der Waals surface area (Å²) >= 11 is 0. The second kappa shape index (κ2) is 9.07. The lowest BCUT2D eigenvalue weighted by atomic mass is 9.88. The number of Topliss-reactive ketones (excluding diaryl/α,β-unsaturated/α-hetero) is 2. The highest BCUT2D eigenvalue weighted by Crippen LogP contribution is 2.22. The molecule has 0 bridgehead atoms. The number of imidazole rings is 1. The zero-order valence-corrected chi connectivity index (χ0v) is 15.9. The minimum Gasteiger partial charge on any atom is -0.348 e. The number of likely N-dealkylation sites (tertiary alicyclic amines) is 1. The van der Waals surface area contributed by atoms with Gasteiger partial charge in [0, 0.05) is 43.7 Å². The zero-order valence-electron chi connectivity index (χ0n) is 15.9. The SMILES string of the molecule is CC(=O)[C@@H]1CCCN(C(=O)[C@H](CC(=O)[C@H](N)C(C)C)Cc2cnc[nH]2)C1. The maximum atomic E-state index is 13.1. The molecule has 7 heteroatoms. The fourth-order valence-electron chi connectivity index (χ4n) is 3.43. The van der Waals surface area contributed by atoms with Crippen LogP contribution in [0.5, 0.6) is 0 Å². The Balaban J connectivity index is 2.12. The average molecular weight is 362 g/mol. The van der Waals surface area contributed by atoms with Crippen LogP contribution < -0.4 is 5.73 Å². The Kier molecular flexibility index (Phi) is 7.08. The molecule has 1 saturated heterocycles. The van der Waals surface area contributed by atoms with Crippen LogP contribution in [0.25, 0.3) is 0 Å². The van der Waals surface area contributed by atoms with Crippen LogP contribution in [0.15, 0.2) is 12.5 Å². The molecule has 0 unspecified atom stereocenters. The van der Waals surface area contributed by atoms with Crippen molar-refractivity contribution in [3.8, 4) is 0 Å². The predicted molar refractivity (Wildman–Crippen MR) is 98.2 cm³/mol. The van der Waals surface area contributed by atoms with Gasteiger partial charge in [0.1, 0.15) is 5.78 Å². The van der Waals surface area contributed by atoms with Gasteiger partial charge in [0.15, 0.2) is 5.78 Å². The van der Waals surface area contributed by atoms with Gasteiger partial charge in [-0.05, 0) is 25.7 Å². The number of ketones is 2. The second-order valence-corrected chi connectivity index (χ2v) is 7.65. The molecule has 1 aromatic rings. The number of nitrogens with zero attached hydrogens (tertiary/aromatic N) is 2.